The van der Waals surface area contributed by atoms with Crippen LogP contribution >= 0.6 is 0 Å². The first kappa shape index (κ1) is 17.2. The molecule has 138 valence electrons. The highest BCUT2D eigenvalue weighted by molar-refractivity contribution is 5.91. The maximum absolute atomic E-state index is 11.8. The van der Waals surface area contributed by atoms with Gasteiger partial charge in [-0.05, 0) is 30.7 Å². The van der Waals surface area contributed by atoms with Crippen LogP contribution < -0.4 is 16.0 Å². The van der Waals surface area contributed by atoms with Gasteiger partial charge in [0.1, 0.15) is 11.6 Å². The number of carbonyl (C=O) groups excluding carboxylic acids is 1. The molecule has 0 aliphatic carbocycles. The van der Waals surface area contributed by atoms with Crippen LogP contribution in [0.25, 0.3) is 22.3 Å². The summed E-state index contributed by atoms with van der Waals surface area (Å²) in [5.41, 5.74) is 1.38. The Bertz CT molecular complexity index is 991. The molecule has 1 saturated heterocycles. The Hall–Kier alpha value is -3.19. The van der Waals surface area contributed by atoms with E-state index in [9.17, 15) is 9.90 Å². The van der Waals surface area contributed by atoms with Gasteiger partial charge < -0.3 is 21.1 Å². The van der Waals surface area contributed by atoms with Gasteiger partial charge >= 0.3 is 0 Å². The van der Waals surface area contributed by atoms with Crippen molar-refractivity contribution in [2.24, 2.45) is 0 Å². The topological polar surface area (TPSA) is 99.2 Å². The molecule has 2 aromatic carbocycles. The first-order valence-corrected chi connectivity index (χ1v) is 8.92. The van der Waals surface area contributed by atoms with E-state index >= 15 is 0 Å². The Kier molecular flexibility index (Phi) is 4.60. The summed E-state index contributed by atoms with van der Waals surface area (Å²) < 4.78 is 0. The van der Waals surface area contributed by atoms with Gasteiger partial charge in [0.05, 0.1) is 17.1 Å². The minimum atomic E-state index is -0.210. The molecule has 1 aliphatic rings. The number of aromatic hydroxyl groups is 1. The van der Waals surface area contributed by atoms with E-state index in [1.165, 1.54) is 0 Å². The van der Waals surface area contributed by atoms with E-state index in [2.05, 4.69) is 25.9 Å². The predicted molar refractivity (Wildman–Crippen MR) is 105 cm³/mol. The number of benzene rings is 2. The van der Waals surface area contributed by atoms with Gasteiger partial charge in [0.25, 0.3) is 0 Å². The van der Waals surface area contributed by atoms with Crippen molar-refractivity contribution in [1.29, 1.82) is 0 Å². The van der Waals surface area contributed by atoms with E-state index in [1.807, 2.05) is 30.3 Å². The standard InChI is InChI=1S/C20H21N5O2/c1-21-20(27)16-10-12(11-22-16)23-18-13-6-2-4-8-15(13)24-19(25-18)14-7-3-5-9-17(14)26/h2-9,12,16,22,26H,10-11H2,1H3,(H,21,27)(H,23,24,25)/t12-,16+/m0/s1. The van der Waals surface area contributed by atoms with Crippen LogP contribution in [-0.4, -0.2) is 46.7 Å². The van der Waals surface area contributed by atoms with Gasteiger partial charge in [-0.1, -0.05) is 24.3 Å². The van der Waals surface area contributed by atoms with E-state index in [0.29, 0.717) is 30.2 Å². The second-order valence-corrected chi connectivity index (χ2v) is 6.58. The summed E-state index contributed by atoms with van der Waals surface area (Å²) in [4.78, 5) is 21.1. The monoisotopic (exact) mass is 363 g/mol. The van der Waals surface area contributed by atoms with Crippen LogP contribution in [0.5, 0.6) is 5.75 Å². The third-order valence-electron chi connectivity index (χ3n) is 4.78. The fourth-order valence-electron chi connectivity index (χ4n) is 3.38. The van der Waals surface area contributed by atoms with Crippen molar-refractivity contribution in [3.63, 3.8) is 0 Å². The lowest BCUT2D eigenvalue weighted by Crippen LogP contribution is -2.38. The largest absolute Gasteiger partial charge is 0.507 e. The van der Waals surface area contributed by atoms with Gasteiger partial charge in [0, 0.05) is 25.0 Å². The Morgan fingerprint density at radius 2 is 1.93 bits per heavy atom. The number of rotatable bonds is 4. The fourth-order valence-corrected chi connectivity index (χ4v) is 3.38. The van der Waals surface area contributed by atoms with Crippen molar-refractivity contribution in [1.82, 2.24) is 20.6 Å². The molecule has 7 heteroatoms. The third kappa shape index (κ3) is 3.41. The second-order valence-electron chi connectivity index (χ2n) is 6.58. The number of carbonyl (C=O) groups is 1. The number of nitrogens with one attached hydrogen (secondary N) is 3. The van der Waals surface area contributed by atoms with Gasteiger partial charge in [0.2, 0.25) is 5.91 Å². The number of anilines is 1. The van der Waals surface area contributed by atoms with E-state index in [4.69, 9.17) is 0 Å². The van der Waals surface area contributed by atoms with Crippen molar-refractivity contribution in [2.45, 2.75) is 18.5 Å². The number of phenolic OH excluding ortho intramolecular Hbond substituents is 1. The molecule has 4 rings (SSSR count). The molecule has 1 fully saturated rings. The first-order valence-electron chi connectivity index (χ1n) is 8.92. The quantitative estimate of drug-likeness (QED) is 0.565. The molecule has 2 atom stereocenters. The summed E-state index contributed by atoms with van der Waals surface area (Å²) in [7, 11) is 1.64. The molecule has 3 aromatic rings. The minimum absolute atomic E-state index is 0.0123. The zero-order valence-electron chi connectivity index (χ0n) is 14.9. The van der Waals surface area contributed by atoms with Crippen molar-refractivity contribution < 1.29 is 9.90 Å². The lowest BCUT2D eigenvalue weighted by molar-refractivity contribution is -0.122. The van der Waals surface area contributed by atoms with Crippen LogP contribution in [0.3, 0.4) is 0 Å². The number of hydrogen-bond acceptors (Lipinski definition) is 6. The van der Waals surface area contributed by atoms with Crippen LogP contribution in [0.4, 0.5) is 5.82 Å². The van der Waals surface area contributed by atoms with E-state index in [1.54, 1.807) is 25.2 Å². The lowest BCUT2D eigenvalue weighted by atomic mass is 10.1. The maximum atomic E-state index is 11.8. The Balaban J connectivity index is 1.70. The molecule has 0 unspecified atom stereocenters. The van der Waals surface area contributed by atoms with Crippen LogP contribution in [-0.2, 0) is 4.79 Å². The molecular formula is C20H21N5O2. The Morgan fingerprint density at radius 1 is 1.15 bits per heavy atom. The van der Waals surface area contributed by atoms with Crippen molar-refractivity contribution >= 4 is 22.6 Å². The molecule has 0 radical (unpaired) electrons. The smallest absolute Gasteiger partial charge is 0.236 e. The zero-order valence-corrected chi connectivity index (χ0v) is 14.9. The first-order chi connectivity index (χ1) is 13.2. The zero-order chi connectivity index (χ0) is 18.8. The normalized spacial score (nSPS) is 19.1. The molecule has 1 amide bonds. The highest BCUT2D eigenvalue weighted by Crippen LogP contribution is 2.30. The number of likely N-dealkylation sites (N-methyl/N-ethyl adjacent to an activating group) is 1. The molecular weight excluding hydrogens is 342 g/mol. The number of hydrogen-bond donors (Lipinski definition) is 4. The van der Waals surface area contributed by atoms with Gasteiger partial charge in [-0.3, -0.25) is 4.79 Å². The lowest BCUT2D eigenvalue weighted by Gasteiger charge is -2.16. The Labute approximate surface area is 156 Å². The van der Waals surface area contributed by atoms with Crippen molar-refractivity contribution in [2.75, 3.05) is 18.9 Å². The number of amides is 1. The summed E-state index contributed by atoms with van der Waals surface area (Å²) in [5.74, 6) is 1.29. The molecule has 1 aromatic heterocycles. The van der Waals surface area contributed by atoms with Crippen LogP contribution in [0.1, 0.15) is 6.42 Å². The summed E-state index contributed by atoms with van der Waals surface area (Å²) in [6.45, 7) is 0.669. The third-order valence-corrected chi connectivity index (χ3v) is 4.78. The SMILES string of the molecule is CNC(=O)[C@H]1C[C@H](Nc2nc(-c3ccccc3O)nc3ccccc23)CN1. The summed E-state index contributed by atoms with van der Waals surface area (Å²) in [6, 6.07) is 14.6. The molecule has 4 N–H and O–H groups in total. The van der Waals surface area contributed by atoms with Crippen LogP contribution in [0.15, 0.2) is 48.5 Å². The van der Waals surface area contributed by atoms with Gasteiger partial charge in [-0.2, -0.15) is 0 Å². The van der Waals surface area contributed by atoms with Crippen molar-refractivity contribution in [3.05, 3.63) is 48.5 Å². The molecule has 0 spiro atoms. The summed E-state index contributed by atoms with van der Waals surface area (Å²) >= 11 is 0. The number of fused-ring (bicyclic) bond motifs is 1. The van der Waals surface area contributed by atoms with E-state index in [0.717, 1.165) is 10.9 Å². The molecule has 7 nitrogen and oxygen atoms in total. The summed E-state index contributed by atoms with van der Waals surface area (Å²) in [5, 5.41) is 20.4. The van der Waals surface area contributed by atoms with Gasteiger partial charge in [-0.15, -0.1) is 0 Å². The average molecular weight is 363 g/mol. The van der Waals surface area contributed by atoms with Gasteiger partial charge in [-0.25, -0.2) is 9.97 Å². The predicted octanol–water partition coefficient (Wildman–Crippen LogP) is 1.89. The van der Waals surface area contributed by atoms with Crippen molar-refractivity contribution in [3.8, 4) is 17.1 Å². The molecule has 2 heterocycles. The van der Waals surface area contributed by atoms with E-state index < -0.39 is 0 Å². The number of nitrogens with zero attached hydrogens (tertiary/aromatic N) is 2. The van der Waals surface area contributed by atoms with E-state index in [-0.39, 0.29) is 23.7 Å². The molecule has 1 aliphatic heterocycles. The Morgan fingerprint density at radius 3 is 2.74 bits per heavy atom. The average Bonchev–Trinajstić information content (AvgIpc) is 3.16. The highest BCUT2D eigenvalue weighted by atomic mass is 16.3. The van der Waals surface area contributed by atoms with Gasteiger partial charge in [0.15, 0.2) is 5.82 Å². The summed E-state index contributed by atoms with van der Waals surface area (Å²) in [6.07, 6.45) is 0.671. The number of para-hydroxylation sites is 2. The number of phenols is 1. The molecule has 0 bridgehead atoms. The second kappa shape index (κ2) is 7.20. The molecule has 27 heavy (non-hydrogen) atoms. The molecule has 0 saturated carbocycles. The minimum Gasteiger partial charge on any atom is -0.507 e. The van der Waals surface area contributed by atoms with Crippen LogP contribution in [0.2, 0.25) is 0 Å². The highest BCUT2D eigenvalue weighted by Gasteiger charge is 2.29. The maximum Gasteiger partial charge on any atom is 0.236 e. The fraction of sp³-hybridized carbons (Fsp3) is 0.250. The number of aromatic nitrogens is 2. The van der Waals surface area contributed by atoms with Crippen LogP contribution in [0, 0.1) is 0 Å².